The highest BCUT2D eigenvalue weighted by Gasteiger charge is 2.24. The summed E-state index contributed by atoms with van der Waals surface area (Å²) in [6.45, 7) is 0.462. The number of rotatable bonds is 5. The normalized spacial score (nSPS) is 10.7. The van der Waals surface area contributed by atoms with Gasteiger partial charge in [0.2, 0.25) is 0 Å². The first-order chi connectivity index (χ1) is 5.45. The van der Waals surface area contributed by atoms with E-state index >= 15 is 0 Å². The number of hydrogen-bond donors (Lipinski definition) is 2. The van der Waals surface area contributed by atoms with Gasteiger partial charge in [0.25, 0.3) is 0 Å². The van der Waals surface area contributed by atoms with Crippen molar-refractivity contribution in [2.45, 2.75) is 6.42 Å². The van der Waals surface area contributed by atoms with Gasteiger partial charge in [-0.15, -0.1) is 0 Å². The lowest BCUT2D eigenvalue weighted by atomic mass is 10.1. The molecule has 0 aromatic heterocycles. The number of nitrogens with zero attached hydrogens (tertiary/aromatic N) is 1. The van der Waals surface area contributed by atoms with Crippen LogP contribution in [0.5, 0.6) is 0 Å². The Balaban J connectivity index is 3.97. The Morgan fingerprint density at radius 3 is 1.92 bits per heavy atom. The predicted molar refractivity (Wildman–Crippen MR) is 41.9 cm³/mol. The molecule has 12 heavy (non-hydrogen) atoms. The molecule has 0 aromatic carbocycles. The van der Waals surface area contributed by atoms with Crippen LogP contribution < -0.4 is 0 Å². The maximum absolute atomic E-state index is 10.4. The predicted octanol–water partition coefficient (Wildman–Crippen LogP) is -0.277. The van der Waals surface area contributed by atoms with Gasteiger partial charge in [-0.2, -0.15) is 0 Å². The molecule has 0 atom stereocenters. The lowest BCUT2D eigenvalue weighted by Crippen LogP contribution is -2.27. The average Bonchev–Trinajstić information content (AvgIpc) is 1.84. The zero-order chi connectivity index (χ0) is 9.72. The molecular weight excluding hydrogens is 162 g/mol. The Kier molecular flexibility index (Phi) is 4.28. The summed E-state index contributed by atoms with van der Waals surface area (Å²) < 4.78 is 0. The van der Waals surface area contributed by atoms with Gasteiger partial charge in [-0.25, -0.2) is 0 Å². The summed E-state index contributed by atoms with van der Waals surface area (Å²) in [5.74, 6) is -3.83. The Hall–Kier alpha value is -1.10. The fraction of sp³-hybridized carbons (Fsp3) is 0.714. The third-order valence-corrected chi connectivity index (χ3v) is 1.46. The van der Waals surface area contributed by atoms with Gasteiger partial charge in [0.15, 0.2) is 5.92 Å². The highest BCUT2D eigenvalue weighted by atomic mass is 16.4. The summed E-state index contributed by atoms with van der Waals surface area (Å²) in [5.41, 5.74) is 0. The van der Waals surface area contributed by atoms with E-state index in [9.17, 15) is 9.59 Å². The van der Waals surface area contributed by atoms with Crippen LogP contribution in [0.1, 0.15) is 6.42 Å². The van der Waals surface area contributed by atoms with Crippen molar-refractivity contribution in [3.63, 3.8) is 0 Å². The van der Waals surface area contributed by atoms with Crippen LogP contribution in [-0.4, -0.2) is 47.7 Å². The first-order valence-corrected chi connectivity index (χ1v) is 3.55. The van der Waals surface area contributed by atoms with Crippen molar-refractivity contribution >= 4 is 11.9 Å². The first-order valence-electron chi connectivity index (χ1n) is 3.55. The van der Waals surface area contributed by atoms with Crippen molar-refractivity contribution in [3.8, 4) is 0 Å². The van der Waals surface area contributed by atoms with E-state index in [1.54, 1.807) is 19.0 Å². The Labute approximate surface area is 70.6 Å². The number of aliphatic carboxylic acids is 2. The monoisotopic (exact) mass is 175 g/mol. The molecule has 0 aliphatic carbocycles. The first kappa shape index (κ1) is 10.9. The lowest BCUT2D eigenvalue weighted by Gasteiger charge is -2.11. The van der Waals surface area contributed by atoms with Crippen LogP contribution in [0.2, 0.25) is 0 Å². The van der Waals surface area contributed by atoms with Crippen molar-refractivity contribution in [2.75, 3.05) is 20.6 Å². The number of carboxylic acids is 2. The van der Waals surface area contributed by atoms with Crippen molar-refractivity contribution in [2.24, 2.45) is 5.92 Å². The molecule has 0 amide bonds. The third-order valence-electron chi connectivity index (χ3n) is 1.46. The van der Waals surface area contributed by atoms with E-state index in [2.05, 4.69) is 0 Å². The van der Waals surface area contributed by atoms with Crippen LogP contribution in [0.3, 0.4) is 0 Å². The van der Waals surface area contributed by atoms with E-state index in [1.807, 2.05) is 0 Å². The van der Waals surface area contributed by atoms with Crippen molar-refractivity contribution < 1.29 is 19.8 Å². The van der Waals surface area contributed by atoms with Gasteiger partial charge in [-0.05, 0) is 27.1 Å². The summed E-state index contributed by atoms with van der Waals surface area (Å²) in [7, 11) is 3.53. The summed E-state index contributed by atoms with van der Waals surface area (Å²) in [4.78, 5) is 22.5. The van der Waals surface area contributed by atoms with Crippen LogP contribution in [0, 0.1) is 5.92 Å². The molecule has 0 bridgehead atoms. The highest BCUT2D eigenvalue weighted by molar-refractivity contribution is 5.92. The summed E-state index contributed by atoms with van der Waals surface area (Å²) in [6.07, 6.45) is 0.137. The minimum atomic E-state index is -1.28. The molecule has 0 saturated carbocycles. The van der Waals surface area contributed by atoms with E-state index < -0.39 is 17.9 Å². The van der Waals surface area contributed by atoms with Gasteiger partial charge in [0, 0.05) is 0 Å². The fourth-order valence-corrected chi connectivity index (χ4v) is 0.740. The topological polar surface area (TPSA) is 77.8 Å². The Morgan fingerprint density at radius 1 is 1.25 bits per heavy atom. The van der Waals surface area contributed by atoms with Gasteiger partial charge >= 0.3 is 11.9 Å². The van der Waals surface area contributed by atoms with Crippen molar-refractivity contribution in [1.82, 2.24) is 4.90 Å². The maximum Gasteiger partial charge on any atom is 0.317 e. The summed E-state index contributed by atoms with van der Waals surface area (Å²) in [6, 6.07) is 0. The molecule has 0 unspecified atom stereocenters. The molecule has 0 saturated heterocycles. The number of carboxylic acid groups (broad SMARTS) is 2. The fourth-order valence-electron chi connectivity index (χ4n) is 0.740. The molecule has 2 N–H and O–H groups in total. The smallest absolute Gasteiger partial charge is 0.317 e. The maximum atomic E-state index is 10.4. The van der Waals surface area contributed by atoms with Crippen LogP contribution in [0.25, 0.3) is 0 Å². The number of hydrogen-bond acceptors (Lipinski definition) is 3. The van der Waals surface area contributed by atoms with Gasteiger partial charge in [-0.1, -0.05) is 0 Å². The molecule has 0 rings (SSSR count). The largest absolute Gasteiger partial charge is 0.481 e. The quantitative estimate of drug-likeness (QED) is 0.562. The standard InChI is InChI=1S/C7H13NO4/c1-8(2)4-3-5(6(9)10)7(11)12/h5H,3-4H2,1-2H3,(H,9,10)(H,11,12). The molecule has 0 radical (unpaired) electrons. The van der Waals surface area contributed by atoms with E-state index in [4.69, 9.17) is 10.2 Å². The van der Waals surface area contributed by atoms with E-state index in [0.717, 1.165) is 0 Å². The van der Waals surface area contributed by atoms with Gasteiger partial charge < -0.3 is 15.1 Å². The summed E-state index contributed by atoms with van der Waals surface area (Å²) in [5, 5.41) is 16.9. The average molecular weight is 175 g/mol. The summed E-state index contributed by atoms with van der Waals surface area (Å²) >= 11 is 0. The zero-order valence-corrected chi connectivity index (χ0v) is 7.15. The van der Waals surface area contributed by atoms with Crippen molar-refractivity contribution in [1.29, 1.82) is 0 Å². The second-order valence-electron chi connectivity index (χ2n) is 2.82. The Morgan fingerprint density at radius 2 is 1.67 bits per heavy atom. The van der Waals surface area contributed by atoms with Crippen LogP contribution in [0.15, 0.2) is 0 Å². The zero-order valence-electron chi connectivity index (χ0n) is 7.15. The lowest BCUT2D eigenvalue weighted by molar-refractivity contribution is -0.154. The van der Waals surface area contributed by atoms with Gasteiger partial charge in [0.05, 0.1) is 0 Å². The molecule has 0 aliphatic rings. The van der Waals surface area contributed by atoms with Gasteiger partial charge in [0.1, 0.15) is 0 Å². The number of carbonyl (C=O) groups is 2. The molecule has 0 heterocycles. The Bertz CT molecular complexity index is 164. The molecule has 5 nitrogen and oxygen atoms in total. The third kappa shape index (κ3) is 3.92. The second kappa shape index (κ2) is 4.71. The highest BCUT2D eigenvalue weighted by Crippen LogP contribution is 2.03. The van der Waals surface area contributed by atoms with E-state index in [-0.39, 0.29) is 6.42 Å². The molecule has 0 spiro atoms. The van der Waals surface area contributed by atoms with E-state index in [1.165, 1.54) is 0 Å². The van der Waals surface area contributed by atoms with Crippen LogP contribution in [0.4, 0.5) is 0 Å². The molecule has 5 heteroatoms. The van der Waals surface area contributed by atoms with E-state index in [0.29, 0.717) is 6.54 Å². The van der Waals surface area contributed by atoms with Crippen LogP contribution >= 0.6 is 0 Å². The van der Waals surface area contributed by atoms with Crippen molar-refractivity contribution in [3.05, 3.63) is 0 Å². The molecule has 70 valence electrons. The molecule has 0 aromatic rings. The minimum absolute atomic E-state index is 0.137. The SMILES string of the molecule is CN(C)CCC(C(=O)O)C(=O)O. The second-order valence-corrected chi connectivity index (χ2v) is 2.82. The van der Waals surface area contributed by atoms with Gasteiger partial charge in [-0.3, -0.25) is 9.59 Å². The molecule has 0 aliphatic heterocycles. The minimum Gasteiger partial charge on any atom is -0.481 e. The van der Waals surface area contributed by atoms with Crippen LogP contribution in [-0.2, 0) is 9.59 Å². The molecule has 0 fully saturated rings. The molecular formula is C7H13NO4.